The van der Waals surface area contributed by atoms with Gasteiger partial charge in [-0.05, 0) is 39.1 Å². The van der Waals surface area contributed by atoms with E-state index in [-0.39, 0.29) is 5.54 Å². The Kier molecular flexibility index (Phi) is 3.14. The molecule has 1 nitrogen and oxygen atoms in total. The Morgan fingerprint density at radius 2 is 1.74 bits per heavy atom. The van der Waals surface area contributed by atoms with Crippen molar-refractivity contribution < 1.29 is 0 Å². The zero-order valence-electron chi connectivity index (χ0n) is 12.1. The van der Waals surface area contributed by atoms with E-state index in [1.165, 1.54) is 5.46 Å². The molecular weight excluding hydrogens is 229 g/mol. The first-order valence-corrected chi connectivity index (χ1v) is 7.24. The van der Waals surface area contributed by atoms with Gasteiger partial charge < -0.3 is 4.81 Å². The number of hydrogen-bond acceptors (Lipinski definition) is 1. The van der Waals surface area contributed by atoms with Crippen molar-refractivity contribution in [1.82, 2.24) is 4.81 Å². The van der Waals surface area contributed by atoms with E-state index in [1.54, 1.807) is 0 Å². The molecule has 2 unspecified atom stereocenters. The molecule has 19 heavy (non-hydrogen) atoms. The highest BCUT2D eigenvalue weighted by Crippen LogP contribution is 2.39. The molecule has 0 N–H and O–H groups in total. The van der Waals surface area contributed by atoms with Gasteiger partial charge in [-0.1, -0.05) is 60.1 Å². The minimum absolute atomic E-state index is 0.208. The van der Waals surface area contributed by atoms with Crippen LogP contribution in [0.1, 0.15) is 20.8 Å². The number of hydrogen-bond donors (Lipinski definition) is 0. The molecule has 1 heterocycles. The summed E-state index contributed by atoms with van der Waals surface area (Å²) in [5.74, 6) is 1.28. The summed E-state index contributed by atoms with van der Waals surface area (Å²) in [5, 5.41) is 0. The molecule has 3 rings (SSSR count). The zero-order valence-corrected chi connectivity index (χ0v) is 12.1. The first-order valence-electron chi connectivity index (χ1n) is 7.24. The van der Waals surface area contributed by atoms with Gasteiger partial charge in [-0.25, -0.2) is 0 Å². The summed E-state index contributed by atoms with van der Waals surface area (Å²) >= 11 is 0. The minimum Gasteiger partial charge on any atom is -0.332 e. The molecule has 0 aromatic heterocycles. The normalized spacial score (nSPS) is 26.8. The van der Waals surface area contributed by atoms with Crippen LogP contribution in [0.5, 0.6) is 0 Å². The maximum Gasteiger partial charge on any atom is 0.265 e. The molecule has 0 bridgehead atoms. The number of fused-ring (bicyclic) bond motifs is 1. The highest BCUT2D eigenvalue weighted by Gasteiger charge is 2.47. The highest BCUT2D eigenvalue weighted by molar-refractivity contribution is 6.73. The summed E-state index contributed by atoms with van der Waals surface area (Å²) < 4.78 is 0. The van der Waals surface area contributed by atoms with E-state index < -0.39 is 0 Å². The summed E-state index contributed by atoms with van der Waals surface area (Å²) in [7, 11) is 0. The van der Waals surface area contributed by atoms with Crippen LogP contribution < -0.4 is 5.46 Å². The average molecular weight is 251 g/mol. The lowest BCUT2D eigenvalue weighted by Gasteiger charge is -2.37. The van der Waals surface area contributed by atoms with Crippen molar-refractivity contribution >= 4 is 12.3 Å². The van der Waals surface area contributed by atoms with Crippen LogP contribution in [0, 0.1) is 5.92 Å². The summed E-state index contributed by atoms with van der Waals surface area (Å²) in [6.07, 6.45) is 9.19. The van der Waals surface area contributed by atoms with E-state index in [0.717, 1.165) is 6.54 Å². The Bertz CT molecular complexity index is 498. The zero-order chi connectivity index (χ0) is 13.5. The molecule has 1 fully saturated rings. The van der Waals surface area contributed by atoms with E-state index in [2.05, 4.69) is 80.2 Å². The average Bonchev–Trinajstić information content (AvgIpc) is 2.79. The molecule has 1 aromatic carbocycles. The Labute approximate surface area is 117 Å². The summed E-state index contributed by atoms with van der Waals surface area (Å²) in [6.45, 7) is 8.65. The van der Waals surface area contributed by atoms with Gasteiger partial charge in [0.15, 0.2) is 0 Å². The predicted molar refractivity (Wildman–Crippen MR) is 83.8 cm³/mol. The van der Waals surface area contributed by atoms with E-state index in [4.69, 9.17) is 0 Å². The molecule has 1 saturated heterocycles. The largest absolute Gasteiger partial charge is 0.332 e. The third kappa shape index (κ3) is 2.30. The van der Waals surface area contributed by atoms with E-state index in [1.807, 2.05) is 0 Å². The Morgan fingerprint density at radius 1 is 1.05 bits per heavy atom. The van der Waals surface area contributed by atoms with Crippen LogP contribution in [0.25, 0.3) is 0 Å². The Hall–Kier alpha value is -1.28. The Balaban J connectivity index is 2.01. The van der Waals surface area contributed by atoms with Gasteiger partial charge in [0.2, 0.25) is 0 Å². The number of benzene rings is 1. The molecule has 2 atom stereocenters. The van der Waals surface area contributed by atoms with Crippen LogP contribution in [-0.4, -0.2) is 23.7 Å². The van der Waals surface area contributed by atoms with Gasteiger partial charge in [-0.3, -0.25) is 0 Å². The van der Waals surface area contributed by atoms with E-state index in [0.29, 0.717) is 18.6 Å². The standard InChI is InChI=1S/C17H22BN/c1-17(2,3)19-13-14-9-7-8-12-16(14)18(19)15-10-5-4-6-11-15/h4-12,14,16H,13H2,1-3H3. The van der Waals surface area contributed by atoms with Crippen LogP contribution in [0.15, 0.2) is 54.6 Å². The lowest BCUT2D eigenvalue weighted by atomic mass is 9.44. The molecule has 2 aliphatic rings. The van der Waals surface area contributed by atoms with E-state index >= 15 is 0 Å². The highest BCUT2D eigenvalue weighted by atomic mass is 15.2. The van der Waals surface area contributed by atoms with Crippen molar-refractivity contribution in [1.29, 1.82) is 0 Å². The maximum absolute atomic E-state index is 2.66. The molecule has 1 aliphatic carbocycles. The fraction of sp³-hybridized carbons (Fsp3) is 0.412. The third-order valence-electron chi connectivity index (χ3n) is 4.41. The van der Waals surface area contributed by atoms with E-state index in [9.17, 15) is 0 Å². The van der Waals surface area contributed by atoms with Crippen LogP contribution >= 0.6 is 0 Å². The van der Waals surface area contributed by atoms with Crippen LogP contribution in [0.3, 0.4) is 0 Å². The summed E-state index contributed by atoms with van der Waals surface area (Å²) in [4.78, 5) is 2.66. The molecule has 0 saturated carbocycles. The first kappa shape index (κ1) is 12.7. The number of allylic oxidation sites excluding steroid dienone is 3. The lowest BCUT2D eigenvalue weighted by molar-refractivity contribution is 0.256. The van der Waals surface area contributed by atoms with Gasteiger partial charge in [0.1, 0.15) is 0 Å². The quantitative estimate of drug-likeness (QED) is 0.693. The summed E-state index contributed by atoms with van der Waals surface area (Å²) in [6, 6.07) is 11.0. The van der Waals surface area contributed by atoms with Gasteiger partial charge in [0, 0.05) is 5.54 Å². The van der Waals surface area contributed by atoms with Crippen LogP contribution in [-0.2, 0) is 0 Å². The number of nitrogens with zero attached hydrogens (tertiary/aromatic N) is 1. The van der Waals surface area contributed by atoms with Gasteiger partial charge in [-0.2, -0.15) is 0 Å². The fourth-order valence-corrected chi connectivity index (χ4v) is 3.48. The molecule has 0 amide bonds. The van der Waals surface area contributed by atoms with Crippen molar-refractivity contribution in [2.75, 3.05) is 6.54 Å². The first-order chi connectivity index (χ1) is 9.07. The molecule has 0 radical (unpaired) electrons. The second kappa shape index (κ2) is 4.68. The Morgan fingerprint density at radius 3 is 2.42 bits per heavy atom. The molecule has 1 aromatic rings. The lowest BCUT2D eigenvalue weighted by Crippen LogP contribution is -2.54. The maximum atomic E-state index is 2.66. The van der Waals surface area contributed by atoms with Gasteiger partial charge in [-0.15, -0.1) is 0 Å². The minimum atomic E-state index is 0.208. The smallest absolute Gasteiger partial charge is 0.265 e. The molecule has 1 aliphatic heterocycles. The van der Waals surface area contributed by atoms with Gasteiger partial charge in [0.05, 0.1) is 0 Å². The number of rotatable bonds is 1. The van der Waals surface area contributed by atoms with Crippen molar-refractivity contribution in [3.8, 4) is 0 Å². The second-order valence-electron chi connectivity index (χ2n) is 6.69. The SMILES string of the molecule is CC(C)(C)N1CC2C=CC=CC2B1c1ccccc1. The third-order valence-corrected chi connectivity index (χ3v) is 4.41. The second-order valence-corrected chi connectivity index (χ2v) is 6.69. The molecular formula is C17H22BN. The predicted octanol–water partition coefficient (Wildman–Crippen LogP) is 3.11. The van der Waals surface area contributed by atoms with Gasteiger partial charge >= 0.3 is 0 Å². The van der Waals surface area contributed by atoms with Crippen LogP contribution in [0.2, 0.25) is 5.82 Å². The molecule has 98 valence electrons. The van der Waals surface area contributed by atoms with Crippen LogP contribution in [0.4, 0.5) is 0 Å². The van der Waals surface area contributed by atoms with Crippen molar-refractivity contribution in [3.63, 3.8) is 0 Å². The van der Waals surface area contributed by atoms with Gasteiger partial charge in [0.25, 0.3) is 6.85 Å². The molecule has 2 heteroatoms. The topological polar surface area (TPSA) is 3.24 Å². The van der Waals surface area contributed by atoms with Crippen molar-refractivity contribution in [3.05, 3.63) is 54.6 Å². The monoisotopic (exact) mass is 251 g/mol. The summed E-state index contributed by atoms with van der Waals surface area (Å²) in [5.41, 5.74) is 1.66. The fourth-order valence-electron chi connectivity index (χ4n) is 3.48. The van der Waals surface area contributed by atoms with Crippen molar-refractivity contribution in [2.45, 2.75) is 32.1 Å². The van der Waals surface area contributed by atoms with Crippen molar-refractivity contribution in [2.24, 2.45) is 5.92 Å². The molecule has 0 spiro atoms.